The van der Waals surface area contributed by atoms with Gasteiger partial charge in [0, 0.05) is 13.0 Å². The van der Waals surface area contributed by atoms with Crippen LogP contribution >= 0.6 is 0 Å². The van der Waals surface area contributed by atoms with Gasteiger partial charge in [-0.05, 0) is 25.7 Å². The van der Waals surface area contributed by atoms with Gasteiger partial charge < -0.3 is 15.2 Å². The number of hydrogen-bond acceptors (Lipinski definition) is 5. The molecule has 3 unspecified atom stereocenters. The zero-order valence-electron chi connectivity index (χ0n) is 12.5. The van der Waals surface area contributed by atoms with Crippen molar-refractivity contribution in [2.75, 3.05) is 13.2 Å². The zero-order valence-corrected chi connectivity index (χ0v) is 12.5. The van der Waals surface area contributed by atoms with Crippen LogP contribution in [0.25, 0.3) is 0 Å². The maximum Gasteiger partial charge on any atom is 0.243 e. The molecule has 1 fully saturated rings. The fourth-order valence-electron chi connectivity index (χ4n) is 2.23. The van der Waals surface area contributed by atoms with Crippen molar-refractivity contribution in [3.63, 3.8) is 0 Å². The number of aliphatic hydroxyl groups is 1. The van der Waals surface area contributed by atoms with E-state index in [2.05, 4.69) is 24.5 Å². The summed E-state index contributed by atoms with van der Waals surface area (Å²) in [5, 5.41) is 15.0. The Balaban J connectivity index is 2.18. The van der Waals surface area contributed by atoms with Crippen molar-refractivity contribution in [2.45, 2.75) is 58.3 Å². The van der Waals surface area contributed by atoms with Crippen LogP contribution in [0.5, 0.6) is 0 Å². The zero-order chi connectivity index (χ0) is 15.1. The summed E-state index contributed by atoms with van der Waals surface area (Å²) in [6.07, 6.45) is 1.21. The average molecular weight is 286 g/mol. The van der Waals surface area contributed by atoms with E-state index in [1.165, 1.54) is 0 Å². The van der Waals surface area contributed by atoms with E-state index in [0.29, 0.717) is 18.8 Å². The molecule has 1 aliphatic heterocycles. The van der Waals surface area contributed by atoms with Gasteiger partial charge in [0.2, 0.25) is 11.8 Å². The first kappa shape index (κ1) is 17.1. The molecule has 2 amide bonds. The minimum atomic E-state index is -0.657. The molecule has 0 aromatic heterocycles. The van der Waals surface area contributed by atoms with Crippen molar-refractivity contribution in [1.82, 2.24) is 10.6 Å². The van der Waals surface area contributed by atoms with Gasteiger partial charge in [0.05, 0.1) is 24.9 Å². The van der Waals surface area contributed by atoms with E-state index < -0.39 is 12.1 Å². The number of aliphatic hydroxyl groups excluding tert-OH is 1. The van der Waals surface area contributed by atoms with Crippen LogP contribution in [0.3, 0.4) is 0 Å². The van der Waals surface area contributed by atoms with Crippen LogP contribution in [0, 0.1) is 5.92 Å². The molecule has 0 aliphatic carbocycles. The Morgan fingerprint density at radius 1 is 1.40 bits per heavy atom. The maximum atomic E-state index is 11.5. The second-order valence-corrected chi connectivity index (χ2v) is 5.84. The standard InChI is InChI=1S/C14H26N2O4/c1-9(2)6-10(3)20-8-11(17)7-15-12-4-5-13(18)16-14(12)19/h9-12,15,17H,4-8H2,1-3H3,(H,16,18,19). The number of ether oxygens (including phenoxy) is 1. The van der Waals surface area contributed by atoms with Crippen LogP contribution < -0.4 is 10.6 Å². The molecule has 0 aromatic rings. The highest BCUT2D eigenvalue weighted by molar-refractivity contribution is 6.00. The van der Waals surface area contributed by atoms with Crippen molar-refractivity contribution in [1.29, 1.82) is 0 Å². The van der Waals surface area contributed by atoms with Gasteiger partial charge in [0.15, 0.2) is 0 Å². The molecule has 6 nitrogen and oxygen atoms in total. The van der Waals surface area contributed by atoms with Crippen molar-refractivity contribution < 1.29 is 19.4 Å². The summed E-state index contributed by atoms with van der Waals surface area (Å²) in [6.45, 7) is 6.76. The second kappa shape index (κ2) is 8.34. The number of carbonyl (C=O) groups is 2. The van der Waals surface area contributed by atoms with E-state index in [4.69, 9.17) is 4.74 Å². The quantitative estimate of drug-likeness (QED) is 0.555. The molecule has 0 radical (unpaired) electrons. The monoisotopic (exact) mass is 286 g/mol. The first-order valence-electron chi connectivity index (χ1n) is 7.25. The lowest BCUT2D eigenvalue weighted by Crippen LogP contribution is -2.52. The molecule has 20 heavy (non-hydrogen) atoms. The largest absolute Gasteiger partial charge is 0.389 e. The highest BCUT2D eigenvalue weighted by Gasteiger charge is 2.26. The van der Waals surface area contributed by atoms with E-state index in [1.807, 2.05) is 6.92 Å². The maximum absolute atomic E-state index is 11.5. The normalized spacial score (nSPS) is 22.8. The number of imide groups is 1. The van der Waals surface area contributed by atoms with Crippen molar-refractivity contribution in [3.8, 4) is 0 Å². The van der Waals surface area contributed by atoms with Crippen molar-refractivity contribution >= 4 is 11.8 Å². The van der Waals surface area contributed by atoms with Crippen LogP contribution in [0.4, 0.5) is 0 Å². The highest BCUT2D eigenvalue weighted by Crippen LogP contribution is 2.08. The minimum Gasteiger partial charge on any atom is -0.389 e. The topological polar surface area (TPSA) is 87.7 Å². The predicted molar refractivity (Wildman–Crippen MR) is 75.1 cm³/mol. The van der Waals surface area contributed by atoms with Gasteiger partial charge in [0.25, 0.3) is 0 Å². The molecule has 1 aliphatic rings. The molecule has 3 atom stereocenters. The van der Waals surface area contributed by atoms with Gasteiger partial charge in [-0.15, -0.1) is 0 Å². The Labute approximate surface area is 120 Å². The molecule has 1 rings (SSSR count). The molecule has 3 N–H and O–H groups in total. The fourth-order valence-corrected chi connectivity index (χ4v) is 2.23. The SMILES string of the molecule is CC(C)CC(C)OCC(O)CNC1CCC(=O)NC1=O. The number of rotatable bonds is 8. The first-order chi connectivity index (χ1) is 9.38. The summed E-state index contributed by atoms with van der Waals surface area (Å²) in [5.41, 5.74) is 0. The predicted octanol–water partition coefficient (Wildman–Crippen LogP) is 0.193. The molecule has 0 aromatic carbocycles. The Hall–Kier alpha value is -0.980. The van der Waals surface area contributed by atoms with Crippen molar-refractivity contribution in [2.24, 2.45) is 5.92 Å². The van der Waals surface area contributed by atoms with Crippen LogP contribution in [-0.4, -0.2) is 48.3 Å². The van der Waals surface area contributed by atoms with Gasteiger partial charge in [-0.3, -0.25) is 14.9 Å². The smallest absolute Gasteiger partial charge is 0.243 e. The van der Waals surface area contributed by atoms with Gasteiger partial charge >= 0.3 is 0 Å². The Bertz CT molecular complexity index is 333. The molecule has 0 spiro atoms. The Morgan fingerprint density at radius 2 is 2.10 bits per heavy atom. The lowest BCUT2D eigenvalue weighted by Gasteiger charge is -2.24. The van der Waals surface area contributed by atoms with Crippen LogP contribution in [0.15, 0.2) is 0 Å². The van der Waals surface area contributed by atoms with Gasteiger partial charge in [0.1, 0.15) is 0 Å². The van der Waals surface area contributed by atoms with E-state index in [0.717, 1.165) is 6.42 Å². The number of piperidine rings is 1. The van der Waals surface area contributed by atoms with E-state index in [1.54, 1.807) is 0 Å². The average Bonchev–Trinajstić information content (AvgIpc) is 2.34. The molecule has 0 bridgehead atoms. The van der Waals surface area contributed by atoms with E-state index in [9.17, 15) is 14.7 Å². The summed E-state index contributed by atoms with van der Waals surface area (Å²) >= 11 is 0. The van der Waals surface area contributed by atoms with Crippen molar-refractivity contribution in [3.05, 3.63) is 0 Å². The van der Waals surface area contributed by atoms with E-state index in [-0.39, 0.29) is 31.1 Å². The summed E-state index contributed by atoms with van der Waals surface area (Å²) < 4.78 is 5.55. The number of nitrogens with one attached hydrogen (secondary N) is 2. The lowest BCUT2D eigenvalue weighted by molar-refractivity contribution is -0.134. The Kier molecular flexibility index (Phi) is 7.12. The summed E-state index contributed by atoms with van der Waals surface area (Å²) in [7, 11) is 0. The van der Waals surface area contributed by atoms with Gasteiger partial charge in [-0.1, -0.05) is 13.8 Å². The number of carbonyl (C=O) groups excluding carboxylic acids is 2. The highest BCUT2D eigenvalue weighted by atomic mass is 16.5. The molecule has 1 heterocycles. The second-order valence-electron chi connectivity index (χ2n) is 5.84. The molecule has 1 saturated heterocycles. The lowest BCUT2D eigenvalue weighted by atomic mass is 10.1. The summed E-state index contributed by atoms with van der Waals surface area (Å²) in [5.74, 6) is 0.00530. The molecular weight excluding hydrogens is 260 g/mol. The minimum absolute atomic E-state index is 0.111. The third kappa shape index (κ3) is 6.45. The molecular formula is C14H26N2O4. The number of hydrogen-bond donors (Lipinski definition) is 3. The van der Waals surface area contributed by atoms with Crippen LogP contribution in [0.1, 0.15) is 40.0 Å². The summed E-state index contributed by atoms with van der Waals surface area (Å²) in [6, 6.07) is -0.407. The van der Waals surface area contributed by atoms with Gasteiger partial charge in [-0.2, -0.15) is 0 Å². The molecule has 6 heteroatoms. The number of amides is 2. The first-order valence-corrected chi connectivity index (χ1v) is 7.25. The third-order valence-corrected chi connectivity index (χ3v) is 3.22. The Morgan fingerprint density at radius 3 is 2.70 bits per heavy atom. The molecule has 0 saturated carbocycles. The third-order valence-electron chi connectivity index (χ3n) is 3.22. The molecule has 116 valence electrons. The van der Waals surface area contributed by atoms with E-state index >= 15 is 0 Å². The fraction of sp³-hybridized carbons (Fsp3) is 0.857. The van der Waals surface area contributed by atoms with Crippen LogP contribution in [0.2, 0.25) is 0 Å². The van der Waals surface area contributed by atoms with Gasteiger partial charge in [-0.25, -0.2) is 0 Å². The summed E-state index contributed by atoms with van der Waals surface area (Å²) in [4.78, 5) is 22.5. The van der Waals surface area contributed by atoms with Crippen LogP contribution in [-0.2, 0) is 14.3 Å².